The van der Waals surface area contributed by atoms with Crippen molar-refractivity contribution in [1.29, 1.82) is 0 Å². The second-order valence-electron chi connectivity index (χ2n) is 3.58. The Labute approximate surface area is 105 Å². The van der Waals surface area contributed by atoms with Crippen LogP contribution in [-0.2, 0) is 6.42 Å². The highest BCUT2D eigenvalue weighted by Crippen LogP contribution is 2.20. The van der Waals surface area contributed by atoms with Crippen LogP contribution in [0.4, 0.5) is 5.82 Å². The summed E-state index contributed by atoms with van der Waals surface area (Å²) < 4.78 is 5.67. The minimum atomic E-state index is 0.640. The Balaban J connectivity index is 1.95. The highest BCUT2D eigenvalue weighted by Gasteiger charge is 2.06. The topological polar surface area (TPSA) is 47.0 Å². The second-order valence-corrected chi connectivity index (χ2v) is 4.61. The number of nitrogens with one attached hydrogen (secondary N) is 1. The fraction of sp³-hybridized carbons (Fsp3) is 0.333. The Kier molecular flexibility index (Phi) is 3.93. The molecular weight excluding hydrogens is 234 g/mol. The second kappa shape index (κ2) is 5.63. The van der Waals surface area contributed by atoms with Gasteiger partial charge in [-0.3, -0.25) is 0 Å². The van der Waals surface area contributed by atoms with Gasteiger partial charge in [-0.25, -0.2) is 9.97 Å². The van der Waals surface area contributed by atoms with Gasteiger partial charge in [0.2, 0.25) is 5.88 Å². The summed E-state index contributed by atoms with van der Waals surface area (Å²) in [7, 11) is 1.84. The summed E-state index contributed by atoms with van der Waals surface area (Å²) in [5.74, 6) is 1.46. The highest BCUT2D eigenvalue weighted by atomic mass is 32.1. The molecule has 0 fully saturated rings. The van der Waals surface area contributed by atoms with Gasteiger partial charge < -0.3 is 10.1 Å². The van der Waals surface area contributed by atoms with Gasteiger partial charge in [0.05, 0.1) is 12.2 Å². The minimum absolute atomic E-state index is 0.640. The highest BCUT2D eigenvalue weighted by molar-refractivity contribution is 7.09. The van der Waals surface area contributed by atoms with Gasteiger partial charge in [0, 0.05) is 18.3 Å². The number of ether oxygens (including phenoxy) is 1. The molecular formula is C12H15N3OS. The number of hydrogen-bond acceptors (Lipinski definition) is 5. The third-order valence-corrected chi connectivity index (χ3v) is 3.38. The zero-order valence-electron chi connectivity index (χ0n) is 9.93. The predicted molar refractivity (Wildman–Crippen MR) is 69.8 cm³/mol. The van der Waals surface area contributed by atoms with Crippen molar-refractivity contribution < 1.29 is 4.74 Å². The average molecular weight is 249 g/mol. The molecule has 0 aromatic carbocycles. The molecule has 0 radical (unpaired) electrons. The van der Waals surface area contributed by atoms with Crippen LogP contribution >= 0.6 is 11.3 Å². The predicted octanol–water partition coefficient (Wildman–Crippen LogP) is 2.51. The molecule has 0 unspecified atom stereocenters. The standard InChI is InChI=1S/C12H15N3OS/c1-9-11(13-2)14-8-15-12(9)16-6-5-10-4-3-7-17-10/h3-4,7-8H,5-6H2,1-2H3,(H,13,14,15). The van der Waals surface area contributed by atoms with Crippen molar-refractivity contribution in [3.05, 3.63) is 34.3 Å². The van der Waals surface area contributed by atoms with E-state index < -0.39 is 0 Å². The van der Waals surface area contributed by atoms with Crippen molar-refractivity contribution in [3.63, 3.8) is 0 Å². The number of nitrogens with zero attached hydrogens (tertiary/aromatic N) is 2. The molecule has 4 nitrogen and oxygen atoms in total. The summed E-state index contributed by atoms with van der Waals surface area (Å²) in [5, 5.41) is 5.08. The molecule has 0 spiro atoms. The van der Waals surface area contributed by atoms with Gasteiger partial charge >= 0.3 is 0 Å². The molecule has 2 aromatic heterocycles. The average Bonchev–Trinajstić information content (AvgIpc) is 2.84. The van der Waals surface area contributed by atoms with Crippen LogP contribution in [0.3, 0.4) is 0 Å². The molecule has 0 aliphatic heterocycles. The van der Waals surface area contributed by atoms with E-state index in [2.05, 4.69) is 32.8 Å². The van der Waals surface area contributed by atoms with E-state index >= 15 is 0 Å². The summed E-state index contributed by atoms with van der Waals surface area (Å²) in [6.45, 7) is 2.59. The Morgan fingerprint density at radius 2 is 2.29 bits per heavy atom. The van der Waals surface area contributed by atoms with Crippen molar-refractivity contribution in [2.45, 2.75) is 13.3 Å². The number of rotatable bonds is 5. The molecule has 2 heterocycles. The maximum absolute atomic E-state index is 5.67. The number of hydrogen-bond donors (Lipinski definition) is 1. The molecule has 2 aromatic rings. The van der Waals surface area contributed by atoms with Gasteiger partial charge in [-0.2, -0.15) is 0 Å². The van der Waals surface area contributed by atoms with Crippen molar-refractivity contribution in [2.24, 2.45) is 0 Å². The van der Waals surface area contributed by atoms with Crippen molar-refractivity contribution >= 4 is 17.2 Å². The maximum Gasteiger partial charge on any atom is 0.221 e. The van der Waals surface area contributed by atoms with E-state index in [4.69, 9.17) is 4.74 Å². The van der Waals surface area contributed by atoms with Gasteiger partial charge in [-0.05, 0) is 18.4 Å². The number of aromatic nitrogens is 2. The van der Waals surface area contributed by atoms with E-state index in [-0.39, 0.29) is 0 Å². The molecule has 0 aliphatic rings. The molecule has 0 saturated carbocycles. The van der Waals surface area contributed by atoms with Crippen LogP contribution in [0.5, 0.6) is 5.88 Å². The number of thiophene rings is 1. The quantitative estimate of drug-likeness (QED) is 0.884. The minimum Gasteiger partial charge on any atom is -0.477 e. The first-order chi connectivity index (χ1) is 8.31. The Hall–Kier alpha value is -1.62. The van der Waals surface area contributed by atoms with Gasteiger partial charge in [0.25, 0.3) is 0 Å². The normalized spacial score (nSPS) is 10.2. The molecule has 0 saturated heterocycles. The fourth-order valence-electron chi connectivity index (χ4n) is 1.53. The molecule has 0 atom stereocenters. The zero-order chi connectivity index (χ0) is 12.1. The van der Waals surface area contributed by atoms with Crippen LogP contribution in [0.25, 0.3) is 0 Å². The lowest BCUT2D eigenvalue weighted by Crippen LogP contribution is -2.05. The number of anilines is 1. The van der Waals surface area contributed by atoms with E-state index in [9.17, 15) is 0 Å². The van der Waals surface area contributed by atoms with Crippen LogP contribution < -0.4 is 10.1 Å². The first kappa shape index (κ1) is 11.9. The molecule has 0 aliphatic carbocycles. The monoisotopic (exact) mass is 249 g/mol. The Morgan fingerprint density at radius 3 is 3.00 bits per heavy atom. The summed E-state index contributed by atoms with van der Waals surface area (Å²) in [5.41, 5.74) is 0.946. The van der Waals surface area contributed by atoms with E-state index in [0.717, 1.165) is 17.8 Å². The molecule has 1 N–H and O–H groups in total. The van der Waals surface area contributed by atoms with Crippen LogP contribution in [0.2, 0.25) is 0 Å². The van der Waals surface area contributed by atoms with Gasteiger partial charge in [0.15, 0.2) is 0 Å². The molecule has 2 rings (SSSR count). The summed E-state index contributed by atoms with van der Waals surface area (Å²) >= 11 is 1.74. The van der Waals surface area contributed by atoms with Crippen molar-refractivity contribution in [2.75, 3.05) is 19.0 Å². The molecule has 0 bridgehead atoms. The SMILES string of the molecule is CNc1ncnc(OCCc2cccs2)c1C. The van der Waals surface area contributed by atoms with Gasteiger partial charge in [0.1, 0.15) is 12.1 Å². The molecule has 90 valence electrons. The van der Waals surface area contributed by atoms with Crippen LogP contribution in [0.15, 0.2) is 23.8 Å². The fourth-order valence-corrected chi connectivity index (χ4v) is 2.22. The van der Waals surface area contributed by atoms with Crippen LogP contribution in [-0.4, -0.2) is 23.6 Å². The van der Waals surface area contributed by atoms with E-state index in [0.29, 0.717) is 12.5 Å². The van der Waals surface area contributed by atoms with Gasteiger partial charge in [-0.15, -0.1) is 11.3 Å². The van der Waals surface area contributed by atoms with Crippen molar-refractivity contribution in [3.8, 4) is 5.88 Å². The van der Waals surface area contributed by atoms with Crippen molar-refractivity contribution in [1.82, 2.24) is 9.97 Å². The third-order valence-electron chi connectivity index (χ3n) is 2.44. The van der Waals surface area contributed by atoms with E-state index in [1.165, 1.54) is 11.2 Å². The smallest absolute Gasteiger partial charge is 0.221 e. The summed E-state index contributed by atoms with van der Waals surface area (Å²) in [6.07, 6.45) is 2.43. The molecule has 5 heteroatoms. The zero-order valence-corrected chi connectivity index (χ0v) is 10.8. The lowest BCUT2D eigenvalue weighted by molar-refractivity contribution is 0.307. The molecule has 17 heavy (non-hydrogen) atoms. The van der Waals surface area contributed by atoms with Crippen LogP contribution in [0, 0.1) is 6.92 Å². The largest absolute Gasteiger partial charge is 0.477 e. The van der Waals surface area contributed by atoms with Gasteiger partial charge in [-0.1, -0.05) is 6.07 Å². The maximum atomic E-state index is 5.67. The summed E-state index contributed by atoms with van der Waals surface area (Å²) in [4.78, 5) is 9.58. The third kappa shape index (κ3) is 2.94. The summed E-state index contributed by atoms with van der Waals surface area (Å²) in [6, 6.07) is 4.16. The van der Waals surface area contributed by atoms with E-state index in [1.807, 2.05) is 14.0 Å². The Morgan fingerprint density at radius 1 is 1.41 bits per heavy atom. The first-order valence-corrected chi connectivity index (χ1v) is 6.33. The van der Waals surface area contributed by atoms with E-state index in [1.54, 1.807) is 11.3 Å². The Bertz CT molecular complexity index is 471. The lowest BCUT2D eigenvalue weighted by atomic mass is 10.3. The lowest BCUT2D eigenvalue weighted by Gasteiger charge is -2.09. The first-order valence-electron chi connectivity index (χ1n) is 5.46. The molecule has 0 amide bonds. The van der Waals surface area contributed by atoms with Crippen LogP contribution in [0.1, 0.15) is 10.4 Å².